The Kier molecular flexibility index (Phi) is 4.28. The van der Waals surface area contributed by atoms with Crippen molar-refractivity contribution in [2.24, 2.45) is 23.0 Å². The highest BCUT2D eigenvalue weighted by Gasteiger charge is 2.42. The van der Waals surface area contributed by atoms with E-state index < -0.39 is 0 Å². The van der Waals surface area contributed by atoms with Crippen LogP contribution in [-0.2, 0) is 9.53 Å². The molecule has 2 rings (SSSR count). The van der Waals surface area contributed by atoms with Crippen molar-refractivity contribution in [3.8, 4) is 0 Å². The van der Waals surface area contributed by atoms with E-state index in [0.717, 1.165) is 25.9 Å². The van der Waals surface area contributed by atoms with Gasteiger partial charge in [-0.15, -0.1) is 0 Å². The minimum absolute atomic E-state index is 0.270. The van der Waals surface area contributed by atoms with Gasteiger partial charge in [0.1, 0.15) is 0 Å². The molecule has 2 fully saturated rings. The van der Waals surface area contributed by atoms with Gasteiger partial charge in [-0.25, -0.2) is 0 Å². The van der Waals surface area contributed by atoms with Crippen LogP contribution in [0.3, 0.4) is 0 Å². The normalized spacial score (nSPS) is 32.3. The second-order valence-corrected chi connectivity index (χ2v) is 6.25. The van der Waals surface area contributed by atoms with E-state index in [2.05, 4.69) is 18.7 Å². The fraction of sp³-hybridized carbons (Fsp3) is 0.929. The number of piperidine rings is 1. The SMILES string of the molecule is CC1CC(C)CN(C(=O)C2(CN)CCOCC2)C1. The molecule has 0 bridgehead atoms. The van der Waals surface area contributed by atoms with Crippen LogP contribution in [0.25, 0.3) is 0 Å². The zero-order valence-corrected chi connectivity index (χ0v) is 11.7. The maximum absolute atomic E-state index is 12.8. The monoisotopic (exact) mass is 254 g/mol. The van der Waals surface area contributed by atoms with Crippen LogP contribution in [0, 0.1) is 17.3 Å². The number of carbonyl (C=O) groups is 1. The third-order valence-electron chi connectivity index (χ3n) is 4.45. The fourth-order valence-electron chi connectivity index (χ4n) is 3.43. The number of hydrogen-bond donors (Lipinski definition) is 1. The molecule has 2 aliphatic rings. The van der Waals surface area contributed by atoms with Crippen molar-refractivity contribution in [2.75, 3.05) is 32.8 Å². The second-order valence-electron chi connectivity index (χ2n) is 6.25. The van der Waals surface area contributed by atoms with Crippen LogP contribution >= 0.6 is 0 Å². The first-order chi connectivity index (χ1) is 8.57. The smallest absolute Gasteiger partial charge is 0.230 e. The Bertz CT molecular complexity index is 290. The average molecular weight is 254 g/mol. The first kappa shape index (κ1) is 13.8. The summed E-state index contributed by atoms with van der Waals surface area (Å²) < 4.78 is 5.38. The van der Waals surface area contributed by atoms with Gasteiger partial charge in [0, 0.05) is 32.8 Å². The van der Waals surface area contributed by atoms with Crippen molar-refractivity contribution in [3.05, 3.63) is 0 Å². The van der Waals surface area contributed by atoms with E-state index in [1.165, 1.54) is 6.42 Å². The second kappa shape index (κ2) is 5.57. The molecule has 2 unspecified atom stereocenters. The molecule has 1 amide bonds. The van der Waals surface area contributed by atoms with E-state index in [1.54, 1.807) is 0 Å². The maximum Gasteiger partial charge on any atom is 0.230 e. The number of likely N-dealkylation sites (tertiary alicyclic amines) is 1. The number of rotatable bonds is 2. The van der Waals surface area contributed by atoms with Gasteiger partial charge in [0.2, 0.25) is 5.91 Å². The molecule has 2 heterocycles. The molecule has 2 atom stereocenters. The molecular weight excluding hydrogens is 228 g/mol. The van der Waals surface area contributed by atoms with E-state index >= 15 is 0 Å². The predicted molar refractivity (Wildman–Crippen MR) is 71.1 cm³/mol. The highest BCUT2D eigenvalue weighted by molar-refractivity contribution is 5.83. The summed E-state index contributed by atoms with van der Waals surface area (Å²) in [5, 5.41) is 0. The van der Waals surface area contributed by atoms with E-state index in [4.69, 9.17) is 10.5 Å². The van der Waals surface area contributed by atoms with Crippen LogP contribution in [0.4, 0.5) is 0 Å². The summed E-state index contributed by atoms with van der Waals surface area (Å²) in [6, 6.07) is 0. The first-order valence-electron chi connectivity index (χ1n) is 7.14. The van der Waals surface area contributed by atoms with Crippen LogP contribution in [0.5, 0.6) is 0 Å². The molecule has 0 aliphatic carbocycles. The zero-order valence-electron chi connectivity index (χ0n) is 11.7. The van der Waals surface area contributed by atoms with Crippen LogP contribution in [-0.4, -0.2) is 43.7 Å². The molecule has 0 aromatic heterocycles. The standard InChI is InChI=1S/C14H26N2O2/c1-11-7-12(2)9-16(8-11)13(17)14(10-15)3-5-18-6-4-14/h11-12H,3-10,15H2,1-2H3. The summed E-state index contributed by atoms with van der Waals surface area (Å²) in [4.78, 5) is 14.8. The lowest BCUT2D eigenvalue weighted by molar-refractivity contribution is -0.150. The van der Waals surface area contributed by atoms with Crippen LogP contribution in [0.2, 0.25) is 0 Å². The van der Waals surface area contributed by atoms with Gasteiger partial charge in [-0.3, -0.25) is 4.79 Å². The van der Waals surface area contributed by atoms with E-state index in [-0.39, 0.29) is 11.3 Å². The molecule has 2 N–H and O–H groups in total. The average Bonchev–Trinajstić information content (AvgIpc) is 2.37. The van der Waals surface area contributed by atoms with Gasteiger partial charge in [0.15, 0.2) is 0 Å². The quantitative estimate of drug-likeness (QED) is 0.807. The lowest BCUT2D eigenvalue weighted by Crippen LogP contribution is -2.54. The molecule has 18 heavy (non-hydrogen) atoms. The molecule has 104 valence electrons. The lowest BCUT2D eigenvalue weighted by atomic mass is 9.78. The zero-order chi connectivity index (χ0) is 13.2. The molecule has 4 nitrogen and oxygen atoms in total. The minimum atomic E-state index is -0.352. The molecule has 0 aromatic carbocycles. The summed E-state index contributed by atoms with van der Waals surface area (Å²) in [6.45, 7) is 8.04. The maximum atomic E-state index is 12.8. The predicted octanol–water partition coefficient (Wildman–Crippen LogP) is 1.25. The van der Waals surface area contributed by atoms with Crippen LogP contribution in [0.1, 0.15) is 33.1 Å². The fourth-order valence-corrected chi connectivity index (χ4v) is 3.43. The van der Waals surface area contributed by atoms with Crippen molar-refractivity contribution in [2.45, 2.75) is 33.1 Å². The van der Waals surface area contributed by atoms with E-state index in [1.807, 2.05) is 0 Å². The molecule has 2 aliphatic heterocycles. The third kappa shape index (κ3) is 2.69. The Hall–Kier alpha value is -0.610. The van der Waals surface area contributed by atoms with Crippen LogP contribution in [0.15, 0.2) is 0 Å². The Labute approximate surface area is 110 Å². The van der Waals surface area contributed by atoms with Crippen molar-refractivity contribution >= 4 is 5.91 Å². The number of nitrogens with zero attached hydrogens (tertiary/aromatic N) is 1. The lowest BCUT2D eigenvalue weighted by Gasteiger charge is -2.43. The summed E-state index contributed by atoms with van der Waals surface area (Å²) in [7, 11) is 0. The molecule has 0 saturated carbocycles. The van der Waals surface area contributed by atoms with E-state index in [9.17, 15) is 4.79 Å². The van der Waals surface area contributed by atoms with Crippen molar-refractivity contribution in [3.63, 3.8) is 0 Å². The van der Waals surface area contributed by atoms with Gasteiger partial charge in [-0.2, -0.15) is 0 Å². The summed E-state index contributed by atoms with van der Waals surface area (Å²) >= 11 is 0. The minimum Gasteiger partial charge on any atom is -0.381 e. The van der Waals surface area contributed by atoms with Gasteiger partial charge in [-0.1, -0.05) is 13.8 Å². The molecular formula is C14H26N2O2. The van der Waals surface area contributed by atoms with Crippen molar-refractivity contribution < 1.29 is 9.53 Å². The first-order valence-corrected chi connectivity index (χ1v) is 7.14. The van der Waals surface area contributed by atoms with E-state index in [0.29, 0.717) is 31.6 Å². The number of nitrogens with two attached hydrogens (primary N) is 1. The molecule has 4 heteroatoms. The highest BCUT2D eigenvalue weighted by atomic mass is 16.5. The van der Waals surface area contributed by atoms with Gasteiger partial charge in [0.25, 0.3) is 0 Å². The van der Waals surface area contributed by atoms with Gasteiger partial charge in [0.05, 0.1) is 5.41 Å². The summed E-state index contributed by atoms with van der Waals surface area (Å²) in [5.41, 5.74) is 5.56. The summed E-state index contributed by atoms with van der Waals surface area (Å²) in [6.07, 6.45) is 2.78. The molecule has 0 spiro atoms. The number of hydrogen-bond acceptors (Lipinski definition) is 3. The van der Waals surface area contributed by atoms with Crippen LogP contribution < -0.4 is 5.73 Å². The Morgan fingerprint density at radius 3 is 2.33 bits per heavy atom. The summed E-state index contributed by atoms with van der Waals surface area (Å²) in [5.74, 6) is 1.48. The van der Waals surface area contributed by atoms with Crippen molar-refractivity contribution in [1.29, 1.82) is 0 Å². The van der Waals surface area contributed by atoms with Gasteiger partial charge >= 0.3 is 0 Å². The van der Waals surface area contributed by atoms with Gasteiger partial charge in [-0.05, 0) is 31.1 Å². The number of carbonyl (C=O) groups excluding carboxylic acids is 1. The largest absolute Gasteiger partial charge is 0.381 e. The molecule has 0 aromatic rings. The Morgan fingerprint density at radius 1 is 1.28 bits per heavy atom. The third-order valence-corrected chi connectivity index (χ3v) is 4.45. The highest BCUT2D eigenvalue weighted by Crippen LogP contribution is 2.33. The van der Waals surface area contributed by atoms with Gasteiger partial charge < -0.3 is 15.4 Å². The molecule has 0 radical (unpaired) electrons. The topological polar surface area (TPSA) is 55.6 Å². The molecule has 2 saturated heterocycles. The number of ether oxygens (including phenoxy) is 1. The van der Waals surface area contributed by atoms with Crippen molar-refractivity contribution in [1.82, 2.24) is 4.90 Å². The Balaban J connectivity index is 2.08. The number of amides is 1. The Morgan fingerprint density at radius 2 is 1.83 bits per heavy atom.